The van der Waals surface area contributed by atoms with Crippen LogP contribution in [0.15, 0.2) is 188 Å². The number of nitrogens with zero attached hydrogens (tertiary/aromatic N) is 1. The molecule has 0 N–H and O–H groups in total. The first kappa shape index (κ1) is 30.4. The second-order valence-corrected chi connectivity index (χ2v) is 15.7. The Morgan fingerprint density at radius 1 is 0.340 bits per heavy atom. The average molecular weight is 710 g/mol. The zero-order chi connectivity index (χ0) is 34.9. The van der Waals surface area contributed by atoms with Crippen LogP contribution in [0.2, 0.25) is 0 Å². The molecule has 0 aliphatic rings. The molecule has 9 aromatic carbocycles. The zero-order valence-corrected chi connectivity index (χ0v) is 30.3. The van der Waals surface area contributed by atoms with Crippen molar-refractivity contribution in [3.05, 3.63) is 188 Å². The van der Waals surface area contributed by atoms with E-state index in [0.717, 1.165) is 11.4 Å². The lowest BCUT2D eigenvalue weighted by atomic mass is 9.89. The van der Waals surface area contributed by atoms with Crippen LogP contribution in [0.5, 0.6) is 0 Å². The fraction of sp³-hybridized carbons (Fsp3) is 0. The van der Waals surface area contributed by atoms with Crippen molar-refractivity contribution in [2.45, 2.75) is 0 Å². The summed E-state index contributed by atoms with van der Waals surface area (Å²) < 4.78 is 5.23. The predicted molar refractivity (Wildman–Crippen MR) is 233 cm³/mol. The topological polar surface area (TPSA) is 3.24 Å². The fourth-order valence-corrected chi connectivity index (χ4v) is 10.7. The molecule has 0 amide bonds. The average Bonchev–Trinajstić information content (AvgIpc) is 3.80. The van der Waals surface area contributed by atoms with Gasteiger partial charge in [-0.3, -0.25) is 0 Å². The highest BCUT2D eigenvalue weighted by molar-refractivity contribution is 7.26. The fourth-order valence-electron chi connectivity index (χ4n) is 8.35. The minimum Gasteiger partial charge on any atom is -0.309 e. The van der Waals surface area contributed by atoms with Gasteiger partial charge in [0, 0.05) is 68.1 Å². The first-order valence-corrected chi connectivity index (χ1v) is 19.6. The summed E-state index contributed by atoms with van der Waals surface area (Å²) >= 11 is 3.75. The van der Waals surface area contributed by atoms with Crippen LogP contribution in [-0.2, 0) is 0 Å². The Morgan fingerprint density at radius 3 is 1.68 bits per heavy atom. The van der Waals surface area contributed by atoms with Crippen LogP contribution in [0.3, 0.4) is 0 Å². The molecular formula is C50H31NS2. The van der Waals surface area contributed by atoms with E-state index in [2.05, 4.69) is 193 Å². The highest BCUT2D eigenvalue weighted by atomic mass is 32.1. The number of anilines is 3. The van der Waals surface area contributed by atoms with Crippen LogP contribution in [0.1, 0.15) is 0 Å². The van der Waals surface area contributed by atoms with Crippen molar-refractivity contribution in [1.82, 2.24) is 0 Å². The van der Waals surface area contributed by atoms with Crippen LogP contribution in [-0.4, -0.2) is 0 Å². The number of para-hydroxylation sites is 1. The largest absolute Gasteiger partial charge is 0.309 e. The number of hydrogen-bond acceptors (Lipinski definition) is 3. The molecule has 248 valence electrons. The number of thiophene rings is 2. The Kier molecular flexibility index (Phi) is 6.97. The molecule has 0 aliphatic heterocycles. The minimum absolute atomic E-state index is 1.13. The van der Waals surface area contributed by atoms with Gasteiger partial charge in [0.2, 0.25) is 0 Å². The van der Waals surface area contributed by atoms with Crippen molar-refractivity contribution in [3.63, 3.8) is 0 Å². The monoisotopic (exact) mass is 709 g/mol. The van der Waals surface area contributed by atoms with Gasteiger partial charge in [-0.2, -0.15) is 0 Å². The molecule has 11 rings (SSSR count). The van der Waals surface area contributed by atoms with Gasteiger partial charge in [-0.25, -0.2) is 0 Å². The molecule has 0 bridgehead atoms. The molecule has 2 heterocycles. The highest BCUT2D eigenvalue weighted by Crippen LogP contribution is 2.53. The molecule has 0 fully saturated rings. The molecule has 53 heavy (non-hydrogen) atoms. The summed E-state index contributed by atoms with van der Waals surface area (Å²) in [7, 11) is 0. The molecule has 0 unspecified atom stereocenters. The summed E-state index contributed by atoms with van der Waals surface area (Å²) in [5.41, 5.74) is 8.34. The Bertz CT molecular complexity index is 3190. The Labute approximate surface area is 315 Å². The molecule has 0 saturated carbocycles. The van der Waals surface area contributed by atoms with Gasteiger partial charge in [-0.1, -0.05) is 152 Å². The lowest BCUT2D eigenvalue weighted by Crippen LogP contribution is -2.13. The van der Waals surface area contributed by atoms with Crippen LogP contribution >= 0.6 is 22.7 Å². The maximum absolute atomic E-state index is 2.56. The van der Waals surface area contributed by atoms with Crippen LogP contribution in [0.4, 0.5) is 17.1 Å². The van der Waals surface area contributed by atoms with E-state index in [-0.39, 0.29) is 0 Å². The third-order valence-corrected chi connectivity index (χ3v) is 13.0. The van der Waals surface area contributed by atoms with Crippen LogP contribution in [0, 0.1) is 0 Å². The van der Waals surface area contributed by atoms with E-state index in [9.17, 15) is 0 Å². The van der Waals surface area contributed by atoms with Crippen molar-refractivity contribution in [1.29, 1.82) is 0 Å². The van der Waals surface area contributed by atoms with Crippen LogP contribution in [0.25, 0.3) is 84.1 Å². The van der Waals surface area contributed by atoms with Gasteiger partial charge in [0.05, 0.1) is 11.4 Å². The molecule has 0 saturated heterocycles. The number of fused-ring (bicyclic) bond motifs is 9. The summed E-state index contributed by atoms with van der Waals surface area (Å²) in [6.45, 7) is 0. The van der Waals surface area contributed by atoms with Crippen molar-refractivity contribution in [3.8, 4) is 22.3 Å². The van der Waals surface area contributed by atoms with E-state index < -0.39 is 0 Å². The van der Waals surface area contributed by atoms with Crippen LogP contribution < -0.4 is 4.90 Å². The van der Waals surface area contributed by atoms with Gasteiger partial charge >= 0.3 is 0 Å². The second kappa shape index (κ2) is 12.2. The van der Waals surface area contributed by atoms with Crippen molar-refractivity contribution in [2.75, 3.05) is 4.90 Å². The molecule has 0 aliphatic carbocycles. The maximum Gasteiger partial charge on any atom is 0.0625 e. The molecular weight excluding hydrogens is 679 g/mol. The summed E-state index contributed by atoms with van der Waals surface area (Å²) in [5, 5.41) is 10.1. The number of benzene rings is 9. The highest BCUT2D eigenvalue weighted by Gasteiger charge is 2.26. The van der Waals surface area contributed by atoms with E-state index in [1.165, 1.54) is 89.8 Å². The summed E-state index contributed by atoms with van der Waals surface area (Å²) in [6, 6.07) is 69.3. The van der Waals surface area contributed by atoms with Crippen molar-refractivity contribution in [2.24, 2.45) is 0 Å². The molecule has 11 aromatic rings. The molecule has 2 aromatic heterocycles. The summed E-state index contributed by atoms with van der Waals surface area (Å²) in [6.07, 6.45) is 0. The molecule has 0 spiro atoms. The van der Waals surface area contributed by atoms with Gasteiger partial charge in [-0.15, -0.1) is 22.7 Å². The van der Waals surface area contributed by atoms with Gasteiger partial charge in [0.1, 0.15) is 0 Å². The third kappa shape index (κ3) is 4.75. The van der Waals surface area contributed by atoms with Gasteiger partial charge < -0.3 is 4.90 Å². The van der Waals surface area contributed by atoms with Gasteiger partial charge in [-0.05, 0) is 58.1 Å². The molecule has 0 radical (unpaired) electrons. The van der Waals surface area contributed by atoms with Crippen molar-refractivity contribution >= 4 is 102 Å². The van der Waals surface area contributed by atoms with E-state index in [4.69, 9.17) is 0 Å². The molecule has 3 heteroatoms. The van der Waals surface area contributed by atoms with E-state index in [0.29, 0.717) is 0 Å². The lowest BCUT2D eigenvalue weighted by Gasteiger charge is -2.32. The van der Waals surface area contributed by atoms with E-state index in [1.807, 2.05) is 22.7 Å². The normalized spacial score (nSPS) is 11.8. The number of hydrogen-bond donors (Lipinski definition) is 0. The predicted octanol–water partition coefficient (Wildman–Crippen LogP) is 15.5. The smallest absolute Gasteiger partial charge is 0.0625 e. The Balaban J connectivity index is 1.30. The minimum atomic E-state index is 1.13. The van der Waals surface area contributed by atoms with Gasteiger partial charge in [0.15, 0.2) is 0 Å². The van der Waals surface area contributed by atoms with E-state index >= 15 is 0 Å². The SMILES string of the molecule is c1ccc(-c2c(N(c3ccc4sc5ccccc5c4c3)c3ccccc3-c3cccc4c3sc3ccccc34)c3ccccc3c3ccccc23)cc1. The first-order valence-electron chi connectivity index (χ1n) is 18.0. The maximum atomic E-state index is 2.56. The third-order valence-electron chi connectivity index (χ3n) is 10.6. The quantitative estimate of drug-likeness (QED) is 0.161. The molecule has 1 nitrogen and oxygen atoms in total. The van der Waals surface area contributed by atoms with Crippen molar-refractivity contribution < 1.29 is 0 Å². The second-order valence-electron chi connectivity index (χ2n) is 13.6. The summed E-state index contributed by atoms with van der Waals surface area (Å²) in [4.78, 5) is 2.56. The summed E-state index contributed by atoms with van der Waals surface area (Å²) in [5.74, 6) is 0. The standard InChI is InChI=1S/C50H31NS2/c1-2-15-32(16-3-1)48-39-22-6-4-17-34(39)35-18-5-7-23-40(35)49(48)51(33-29-30-47-43(31-33)38-21-10-12-27-45(38)52-47)44-26-11-8-19-36(44)41-24-14-25-42-37-20-9-13-28-46(37)53-50(41)42/h1-31H. The first-order chi connectivity index (χ1) is 26.3. The van der Waals surface area contributed by atoms with Gasteiger partial charge in [0.25, 0.3) is 0 Å². The zero-order valence-electron chi connectivity index (χ0n) is 28.7. The molecule has 0 atom stereocenters. The Morgan fingerprint density at radius 2 is 0.887 bits per heavy atom. The Hall–Kier alpha value is -6.26. The lowest BCUT2D eigenvalue weighted by molar-refractivity contribution is 1.31. The number of rotatable bonds is 5. The van der Waals surface area contributed by atoms with E-state index in [1.54, 1.807) is 0 Å².